The number of nitrogens with zero attached hydrogens (tertiary/aromatic N) is 1. The molecule has 1 amide bonds. The Balaban J connectivity index is 1.76. The van der Waals surface area contributed by atoms with E-state index in [0.717, 1.165) is 5.56 Å². The van der Waals surface area contributed by atoms with Gasteiger partial charge in [-0.3, -0.25) is 9.59 Å². The summed E-state index contributed by atoms with van der Waals surface area (Å²) in [7, 11) is 6.11. The molecule has 9 heteroatoms. The molecule has 0 saturated heterocycles. The molecule has 3 aromatic rings. The van der Waals surface area contributed by atoms with Crippen LogP contribution in [0.25, 0.3) is 0 Å². The first kappa shape index (κ1) is 24.7. The standard InChI is InChI=1S/C27H27NO8/c1-32-17-8-10-19(33-2)18(15-17)24-23(25(29)21-6-5-13-36-21)26(30)27(31)28(24)12-11-16-7-9-20(34-3)22(14-16)35-4/h5-10,13-15,24,30H,11-12H2,1-4H3. The van der Waals surface area contributed by atoms with Crippen LogP contribution in [0.15, 0.2) is 70.5 Å². The summed E-state index contributed by atoms with van der Waals surface area (Å²) in [6, 6.07) is 12.7. The second-order valence-electron chi connectivity index (χ2n) is 8.02. The molecule has 1 aliphatic heterocycles. The van der Waals surface area contributed by atoms with Crippen LogP contribution in [-0.2, 0) is 11.2 Å². The van der Waals surface area contributed by atoms with Gasteiger partial charge in [-0.25, -0.2) is 0 Å². The highest BCUT2D eigenvalue weighted by Gasteiger charge is 2.45. The second-order valence-corrected chi connectivity index (χ2v) is 8.02. The van der Waals surface area contributed by atoms with Crippen LogP contribution >= 0.6 is 0 Å². The van der Waals surface area contributed by atoms with E-state index in [-0.39, 0.29) is 17.9 Å². The summed E-state index contributed by atoms with van der Waals surface area (Å²) in [6.07, 6.45) is 1.78. The maximum Gasteiger partial charge on any atom is 0.290 e. The fourth-order valence-electron chi connectivity index (χ4n) is 4.32. The number of carbonyl (C=O) groups excluding carboxylic acids is 2. The zero-order valence-electron chi connectivity index (χ0n) is 20.4. The molecule has 0 fully saturated rings. The van der Waals surface area contributed by atoms with Crippen LogP contribution in [0.1, 0.15) is 27.7 Å². The average Bonchev–Trinajstić information content (AvgIpc) is 3.54. The first-order valence-corrected chi connectivity index (χ1v) is 11.2. The highest BCUT2D eigenvalue weighted by Crippen LogP contribution is 2.43. The number of ether oxygens (including phenoxy) is 4. The number of amides is 1. The van der Waals surface area contributed by atoms with E-state index in [4.69, 9.17) is 23.4 Å². The van der Waals surface area contributed by atoms with Crippen LogP contribution in [0.4, 0.5) is 0 Å². The largest absolute Gasteiger partial charge is 0.503 e. The number of ketones is 1. The minimum absolute atomic E-state index is 0.0120. The molecule has 1 atom stereocenters. The SMILES string of the molecule is COc1ccc(OC)c(C2C(C(=O)c3ccco3)=C(O)C(=O)N2CCc2ccc(OC)c(OC)c2)c1. The Hall–Kier alpha value is -4.40. The number of hydrogen-bond donors (Lipinski definition) is 1. The predicted molar refractivity (Wildman–Crippen MR) is 130 cm³/mol. The van der Waals surface area contributed by atoms with Crippen LogP contribution in [0, 0.1) is 0 Å². The van der Waals surface area contributed by atoms with Crippen molar-refractivity contribution in [1.29, 1.82) is 0 Å². The Morgan fingerprint density at radius 3 is 2.31 bits per heavy atom. The topological polar surface area (TPSA) is 108 Å². The van der Waals surface area contributed by atoms with Crippen LogP contribution in [0.3, 0.4) is 0 Å². The third kappa shape index (κ3) is 4.47. The van der Waals surface area contributed by atoms with Crippen LogP contribution in [0.5, 0.6) is 23.0 Å². The number of aliphatic hydroxyl groups excluding tert-OH is 1. The first-order chi connectivity index (χ1) is 17.4. The molecule has 1 N–H and O–H groups in total. The molecule has 0 saturated carbocycles. The quantitative estimate of drug-likeness (QED) is 0.420. The average molecular weight is 494 g/mol. The van der Waals surface area contributed by atoms with Crippen LogP contribution in [-0.4, -0.2) is 56.7 Å². The number of methoxy groups -OCH3 is 4. The molecule has 0 radical (unpaired) electrons. The number of carbonyl (C=O) groups is 2. The molecule has 2 aromatic carbocycles. The highest BCUT2D eigenvalue weighted by molar-refractivity contribution is 6.15. The fraction of sp³-hybridized carbons (Fsp3) is 0.259. The summed E-state index contributed by atoms with van der Waals surface area (Å²) >= 11 is 0. The van der Waals surface area contributed by atoms with Gasteiger partial charge in [-0.05, 0) is 54.4 Å². The Kier molecular flexibility index (Phi) is 7.19. The first-order valence-electron chi connectivity index (χ1n) is 11.2. The second kappa shape index (κ2) is 10.5. The van der Waals surface area contributed by atoms with E-state index < -0.39 is 23.5 Å². The molecule has 4 rings (SSSR count). The molecule has 188 valence electrons. The van der Waals surface area contributed by atoms with Crippen molar-refractivity contribution in [1.82, 2.24) is 4.90 Å². The minimum Gasteiger partial charge on any atom is -0.503 e. The van der Waals surface area contributed by atoms with Crippen molar-refractivity contribution in [3.8, 4) is 23.0 Å². The third-order valence-electron chi connectivity index (χ3n) is 6.11. The van der Waals surface area contributed by atoms with Gasteiger partial charge in [-0.15, -0.1) is 0 Å². The van der Waals surface area contributed by atoms with E-state index in [1.807, 2.05) is 12.1 Å². The Bertz CT molecular complexity index is 1300. The van der Waals surface area contributed by atoms with Crippen molar-refractivity contribution in [2.75, 3.05) is 35.0 Å². The van der Waals surface area contributed by atoms with E-state index in [9.17, 15) is 14.7 Å². The van der Waals surface area contributed by atoms with E-state index in [1.165, 1.54) is 31.4 Å². The molecule has 0 aliphatic carbocycles. The lowest BCUT2D eigenvalue weighted by Crippen LogP contribution is -2.33. The zero-order chi connectivity index (χ0) is 25.8. The smallest absolute Gasteiger partial charge is 0.290 e. The van der Waals surface area contributed by atoms with E-state index in [2.05, 4.69) is 0 Å². The minimum atomic E-state index is -0.930. The number of aliphatic hydroxyl groups is 1. The van der Waals surface area contributed by atoms with Crippen LogP contribution < -0.4 is 18.9 Å². The van der Waals surface area contributed by atoms with Crippen molar-refractivity contribution in [3.63, 3.8) is 0 Å². The molecule has 2 heterocycles. The summed E-state index contributed by atoms with van der Waals surface area (Å²) in [5.41, 5.74) is 1.28. The predicted octanol–water partition coefficient (Wildman–Crippen LogP) is 4.14. The van der Waals surface area contributed by atoms with Crippen molar-refractivity contribution in [2.24, 2.45) is 0 Å². The number of benzene rings is 2. The van der Waals surface area contributed by atoms with Gasteiger partial charge in [0.15, 0.2) is 23.0 Å². The molecule has 1 aliphatic rings. The summed E-state index contributed by atoms with van der Waals surface area (Å²) in [5.74, 6) is 0.219. The van der Waals surface area contributed by atoms with Gasteiger partial charge < -0.3 is 33.4 Å². The molecule has 1 aromatic heterocycles. The number of Topliss-reactive ketones (excluding diaryl/α,β-unsaturated/α-hetero) is 1. The summed E-state index contributed by atoms with van der Waals surface area (Å²) in [5, 5.41) is 10.9. The summed E-state index contributed by atoms with van der Waals surface area (Å²) in [6.45, 7) is 0.193. The maximum atomic E-state index is 13.4. The monoisotopic (exact) mass is 493 g/mol. The van der Waals surface area contributed by atoms with Gasteiger partial charge in [0, 0.05) is 12.1 Å². The van der Waals surface area contributed by atoms with Crippen molar-refractivity contribution in [3.05, 3.63) is 83.0 Å². The Morgan fingerprint density at radius 2 is 1.67 bits per heavy atom. The molecule has 9 nitrogen and oxygen atoms in total. The Labute approximate surface area is 208 Å². The van der Waals surface area contributed by atoms with E-state index in [0.29, 0.717) is 35.0 Å². The van der Waals surface area contributed by atoms with Crippen molar-refractivity contribution < 1.29 is 38.1 Å². The third-order valence-corrected chi connectivity index (χ3v) is 6.11. The molecular weight excluding hydrogens is 466 g/mol. The number of furan rings is 1. The Morgan fingerprint density at radius 1 is 0.944 bits per heavy atom. The van der Waals surface area contributed by atoms with Gasteiger partial charge in [0.2, 0.25) is 5.78 Å². The summed E-state index contributed by atoms with van der Waals surface area (Å²) < 4.78 is 26.9. The number of rotatable bonds is 10. The van der Waals surface area contributed by atoms with E-state index in [1.54, 1.807) is 44.6 Å². The van der Waals surface area contributed by atoms with Gasteiger partial charge in [-0.2, -0.15) is 0 Å². The van der Waals surface area contributed by atoms with Crippen LogP contribution in [0.2, 0.25) is 0 Å². The van der Waals surface area contributed by atoms with Crippen molar-refractivity contribution >= 4 is 11.7 Å². The summed E-state index contributed by atoms with van der Waals surface area (Å²) in [4.78, 5) is 28.1. The lowest BCUT2D eigenvalue weighted by Gasteiger charge is -2.28. The molecule has 0 bridgehead atoms. The lowest BCUT2D eigenvalue weighted by atomic mass is 9.94. The molecule has 1 unspecified atom stereocenters. The molecular formula is C27H27NO8. The maximum absolute atomic E-state index is 13.4. The fourth-order valence-corrected chi connectivity index (χ4v) is 4.32. The van der Waals surface area contributed by atoms with Gasteiger partial charge >= 0.3 is 0 Å². The normalized spacial score (nSPS) is 15.3. The zero-order valence-corrected chi connectivity index (χ0v) is 20.4. The lowest BCUT2D eigenvalue weighted by molar-refractivity contribution is -0.129. The number of hydrogen-bond acceptors (Lipinski definition) is 8. The van der Waals surface area contributed by atoms with E-state index >= 15 is 0 Å². The van der Waals surface area contributed by atoms with Crippen molar-refractivity contribution in [2.45, 2.75) is 12.5 Å². The van der Waals surface area contributed by atoms with Gasteiger partial charge in [0.25, 0.3) is 5.91 Å². The van der Waals surface area contributed by atoms with Gasteiger partial charge in [0.05, 0.1) is 46.3 Å². The molecule has 0 spiro atoms. The molecule has 36 heavy (non-hydrogen) atoms. The van der Waals surface area contributed by atoms with Gasteiger partial charge in [0.1, 0.15) is 11.5 Å². The van der Waals surface area contributed by atoms with Gasteiger partial charge in [-0.1, -0.05) is 6.07 Å². The highest BCUT2D eigenvalue weighted by atomic mass is 16.5.